The van der Waals surface area contributed by atoms with Crippen molar-refractivity contribution in [2.75, 3.05) is 131 Å². The zero-order valence-electron chi connectivity index (χ0n) is 79.7. The second-order valence-corrected chi connectivity index (χ2v) is 33.8. The number of ether oxygens (including phenoxy) is 14. The number of morpholine rings is 1. The van der Waals surface area contributed by atoms with Gasteiger partial charge in [0.25, 0.3) is 27.8 Å². The Bertz CT molecular complexity index is 7040. The summed E-state index contributed by atoms with van der Waals surface area (Å²) in [4.78, 5) is 98.7. The van der Waals surface area contributed by atoms with Gasteiger partial charge >= 0.3 is 0 Å². The van der Waals surface area contributed by atoms with Crippen molar-refractivity contribution in [3.05, 3.63) is 325 Å². The second-order valence-electron chi connectivity index (χ2n) is 33.8. The predicted molar refractivity (Wildman–Crippen MR) is 537 cm³/mol. The molecule has 738 valence electrons. The number of aliphatic hydroxyl groups is 2. The van der Waals surface area contributed by atoms with Crippen LogP contribution in [-0.2, 0) is 56.5 Å². The second kappa shape index (κ2) is 49.0. The lowest BCUT2D eigenvalue weighted by Crippen LogP contribution is -2.39. The number of hydrogen-bond donors (Lipinski definition) is 2. The van der Waals surface area contributed by atoms with Crippen LogP contribution in [0.2, 0.25) is 0 Å². The molecular weight excluding hydrogens is 1820 g/mol. The average molecular weight is 1930 g/mol. The summed E-state index contributed by atoms with van der Waals surface area (Å²) in [6, 6.07) is 53.9. The molecule has 5 aromatic carbocycles. The fourth-order valence-corrected chi connectivity index (χ4v) is 17.0. The molecule has 34 heteroatoms. The van der Waals surface area contributed by atoms with E-state index in [1.165, 1.54) is 16.7 Å². The van der Waals surface area contributed by atoms with E-state index in [4.69, 9.17) is 66.3 Å². The molecule has 15 heterocycles. The largest absolute Gasteiger partial charge is 0.497 e. The van der Waals surface area contributed by atoms with E-state index >= 15 is 0 Å². The smallest absolute Gasteiger partial charge is 0.250 e. The normalized spacial score (nSPS) is 16.6. The van der Waals surface area contributed by atoms with Crippen molar-refractivity contribution in [2.45, 2.75) is 108 Å². The Kier molecular flexibility index (Phi) is 34.4. The molecule has 4 saturated heterocycles. The molecule has 34 nitrogen and oxygen atoms in total. The Hall–Kier alpha value is -15.3. The van der Waals surface area contributed by atoms with Crippen LogP contribution in [0.1, 0.15) is 79.9 Å². The molecule has 5 unspecified atom stereocenters. The molecule has 10 aromatic heterocycles. The average Bonchev–Trinajstić information content (AvgIpc) is 1.61. The van der Waals surface area contributed by atoms with Crippen molar-refractivity contribution in [3.63, 3.8) is 0 Å². The third kappa shape index (κ3) is 25.6. The van der Waals surface area contributed by atoms with E-state index in [0.717, 1.165) is 169 Å². The van der Waals surface area contributed by atoms with Crippen LogP contribution in [0.15, 0.2) is 280 Å². The summed E-state index contributed by atoms with van der Waals surface area (Å²) < 4.78 is 86.6. The first-order valence-corrected chi connectivity index (χ1v) is 47.3. The summed E-state index contributed by atoms with van der Waals surface area (Å²) >= 11 is 0. The first-order chi connectivity index (χ1) is 69.4. The number of aromatic nitrogens is 10. The number of amides is 1. The Labute approximate surface area is 817 Å². The highest BCUT2D eigenvalue weighted by molar-refractivity contribution is 5.95. The molecular formula is C108H114N12O22. The van der Waals surface area contributed by atoms with Crippen molar-refractivity contribution in [3.8, 4) is 57.5 Å². The molecule has 5 aliphatic rings. The molecule has 0 saturated carbocycles. The van der Waals surface area contributed by atoms with Gasteiger partial charge in [-0.25, -0.2) is 0 Å². The van der Waals surface area contributed by atoms with Crippen LogP contribution in [0, 0.1) is 0 Å². The number of fused-ring (bicyclic) bond motifs is 5. The number of nitrogens with zero attached hydrogens (tertiary/aromatic N) is 12. The summed E-state index contributed by atoms with van der Waals surface area (Å²) in [5, 5.41) is 24.6. The van der Waals surface area contributed by atoms with Gasteiger partial charge in [-0.3, -0.25) is 53.7 Å². The maximum absolute atomic E-state index is 12.3. The number of carbonyl (C=O) groups excluding carboxylic acids is 1. The SMILES string of the molecule is COc1ccc2c(OCCn3cc(C4C=CCCO4)ccc3=O)ccnc2c1.COc1ccc2c(OCCn3cc(C4CCCCO4)ccc3=O)ccnc2c1.COc1ccc2c(OCCn3cc(C4OCCC(O)C4O)ccc3=O)ccnc2c1.COc1ccc2c(OCCn3cc(N4CCCC4=O)ccc3=O)ccnc2c1.COc1ccc2c(OCCn3cc(N4CCOCC4)ccc3=O)ccnc2c1. The van der Waals surface area contributed by atoms with Crippen LogP contribution in [-0.4, -0.2) is 197 Å². The van der Waals surface area contributed by atoms with Gasteiger partial charge in [0.15, 0.2) is 0 Å². The standard InChI is InChI=1S/C22H24N2O6.C22H24N2O4.C22H22N2O4.C21H23N3O4.C21H21N3O4/c1-28-15-3-4-16-17(12-15)23-8-6-19(16)29-11-9-24-13-14(2-5-20(24)26)22-21(27)18(25)7-10-30-22;2*1-26-17-6-7-18-19(14-17)23-10-9-21(18)28-13-11-24-15-16(5-8-22(24)25)20-4-2-3-12-27-20;1-26-17-3-4-18-19(14-17)22-7-6-20(18)28-13-10-24-15-16(2-5-21(24)25)23-8-11-27-12-9-23;1-27-16-5-6-17-18(13-16)22-9-8-19(17)28-12-11-23-14-15(4-7-20(23)25)24-10-2-3-21(24)26/h2-6,8,12-13,18,21-22,25,27H,7,9-11H2,1H3;5-10,14-15,20H,2-4,11-13H2,1H3;2,4-10,14-15,20H,3,11-13H2,1H3;2-7,14-15H,8-13H2,1H3;4-9,13-14H,2-3,10-12H2,1H3. The first-order valence-electron chi connectivity index (χ1n) is 47.3. The summed E-state index contributed by atoms with van der Waals surface area (Å²) in [7, 11) is 8.10. The number of pyridine rings is 10. The third-order valence-corrected chi connectivity index (χ3v) is 24.7. The van der Waals surface area contributed by atoms with Gasteiger partial charge < -0.3 is 109 Å². The maximum Gasteiger partial charge on any atom is 0.250 e. The van der Waals surface area contributed by atoms with Crippen LogP contribution >= 0.6 is 0 Å². The molecule has 5 aliphatic heterocycles. The fourth-order valence-electron chi connectivity index (χ4n) is 17.0. The monoisotopic (exact) mass is 1930 g/mol. The van der Waals surface area contributed by atoms with Crippen LogP contribution in [0.3, 0.4) is 0 Å². The van der Waals surface area contributed by atoms with Crippen molar-refractivity contribution in [1.82, 2.24) is 47.8 Å². The molecule has 142 heavy (non-hydrogen) atoms. The van der Waals surface area contributed by atoms with Crippen molar-refractivity contribution < 1.29 is 81.3 Å². The molecule has 15 aromatic rings. The Morgan fingerprint density at radius 3 is 1.11 bits per heavy atom. The Morgan fingerprint density at radius 2 is 0.725 bits per heavy atom. The number of methoxy groups -OCH3 is 5. The van der Waals surface area contributed by atoms with Gasteiger partial charge in [0.2, 0.25) is 5.91 Å². The van der Waals surface area contributed by atoms with E-state index in [2.05, 4.69) is 35.9 Å². The van der Waals surface area contributed by atoms with E-state index in [1.54, 1.807) is 145 Å². The summed E-state index contributed by atoms with van der Waals surface area (Å²) in [6.07, 6.45) is 25.1. The molecule has 4 fully saturated rings. The van der Waals surface area contributed by atoms with Gasteiger partial charge in [-0.05, 0) is 171 Å². The molecule has 0 spiro atoms. The zero-order valence-corrected chi connectivity index (χ0v) is 79.7. The third-order valence-electron chi connectivity index (χ3n) is 24.7. The predicted octanol–water partition coefficient (Wildman–Crippen LogP) is 13.8. The van der Waals surface area contributed by atoms with Gasteiger partial charge in [-0.15, -0.1) is 0 Å². The Balaban J connectivity index is 0.000000128. The van der Waals surface area contributed by atoms with Gasteiger partial charge in [0, 0.05) is 188 Å². The van der Waals surface area contributed by atoms with E-state index in [0.29, 0.717) is 128 Å². The lowest BCUT2D eigenvalue weighted by molar-refractivity contribution is -0.137. The van der Waals surface area contributed by atoms with E-state index in [9.17, 15) is 39.0 Å². The molecule has 0 bridgehead atoms. The number of benzene rings is 5. The number of hydrogen-bond acceptors (Lipinski definition) is 28. The molecule has 5 atom stereocenters. The van der Waals surface area contributed by atoms with Crippen molar-refractivity contribution >= 4 is 71.8 Å². The lowest BCUT2D eigenvalue weighted by Gasteiger charge is -2.32. The summed E-state index contributed by atoms with van der Waals surface area (Å²) in [6.45, 7) is 9.45. The van der Waals surface area contributed by atoms with Crippen LogP contribution < -0.4 is 85.0 Å². The first kappa shape index (κ1) is 99.7. The highest BCUT2D eigenvalue weighted by Gasteiger charge is 2.33. The Morgan fingerprint density at radius 1 is 0.352 bits per heavy atom. The summed E-state index contributed by atoms with van der Waals surface area (Å²) in [5.41, 5.74) is 7.98. The topological polar surface area (TPSA) is 368 Å². The van der Waals surface area contributed by atoms with E-state index in [1.807, 2.05) is 152 Å². The van der Waals surface area contributed by atoms with Crippen molar-refractivity contribution in [1.29, 1.82) is 0 Å². The van der Waals surface area contributed by atoms with Gasteiger partial charge in [-0.2, -0.15) is 0 Å². The van der Waals surface area contributed by atoms with Gasteiger partial charge in [-0.1, -0.05) is 12.2 Å². The maximum atomic E-state index is 12.3. The van der Waals surface area contributed by atoms with E-state index < -0.39 is 18.3 Å². The minimum Gasteiger partial charge on any atom is -0.497 e. The number of anilines is 2. The zero-order chi connectivity index (χ0) is 98.6. The van der Waals surface area contributed by atoms with Crippen LogP contribution in [0.25, 0.3) is 54.5 Å². The minimum atomic E-state index is -1.03. The number of carbonyl (C=O) groups is 1. The highest BCUT2D eigenvalue weighted by atomic mass is 16.5. The molecule has 2 N–H and O–H groups in total. The van der Waals surface area contributed by atoms with Crippen LogP contribution in [0.5, 0.6) is 57.5 Å². The van der Waals surface area contributed by atoms with Crippen molar-refractivity contribution in [2.24, 2.45) is 0 Å². The molecule has 0 radical (unpaired) electrons. The molecule has 20 rings (SSSR count). The van der Waals surface area contributed by atoms with Gasteiger partial charge in [0.05, 0.1) is 146 Å². The highest BCUT2D eigenvalue weighted by Crippen LogP contribution is 2.36. The fraction of sp³-hybridized carbons (Fsp3) is 0.324. The quantitative estimate of drug-likeness (QED) is 0.0395. The molecule has 0 aliphatic carbocycles. The number of rotatable bonds is 30. The molecule has 1 amide bonds. The lowest BCUT2D eigenvalue weighted by atomic mass is 9.97. The van der Waals surface area contributed by atoms with Crippen LogP contribution in [0.4, 0.5) is 11.4 Å². The van der Waals surface area contributed by atoms with E-state index in [-0.39, 0.29) is 52.5 Å². The van der Waals surface area contributed by atoms with Gasteiger partial charge in [0.1, 0.15) is 109 Å². The number of aliphatic hydroxyl groups excluding tert-OH is 2. The summed E-state index contributed by atoms with van der Waals surface area (Å²) in [5.74, 6) is 7.39. The minimum absolute atomic E-state index is 0.0347.